The molecule has 2 aliphatic carbocycles. The average molecular weight is 567 g/mol. The van der Waals surface area contributed by atoms with Crippen molar-refractivity contribution in [3.8, 4) is 11.5 Å². The first kappa shape index (κ1) is 29.9. The lowest BCUT2D eigenvalue weighted by Gasteiger charge is -2.30. The molecule has 1 atom stereocenters. The van der Waals surface area contributed by atoms with Gasteiger partial charge in [-0.3, -0.25) is 19.2 Å². The maximum Gasteiger partial charge on any atom is 0.313 e. The smallest absolute Gasteiger partial charge is 0.313 e. The lowest BCUT2D eigenvalue weighted by atomic mass is 9.76. The molecule has 1 aliphatic heterocycles. The minimum absolute atomic E-state index is 0.193. The van der Waals surface area contributed by atoms with Gasteiger partial charge in [-0.2, -0.15) is 4.39 Å². The zero-order valence-electron chi connectivity index (χ0n) is 22.6. The van der Waals surface area contributed by atoms with Gasteiger partial charge < -0.3 is 20.1 Å². The summed E-state index contributed by atoms with van der Waals surface area (Å²) in [5.74, 6) is -8.20. The fourth-order valence-corrected chi connectivity index (χ4v) is 6.21. The fourth-order valence-electron chi connectivity index (χ4n) is 6.21. The van der Waals surface area contributed by atoms with Crippen molar-refractivity contribution in [3.05, 3.63) is 23.5 Å². The van der Waals surface area contributed by atoms with Crippen molar-refractivity contribution in [2.75, 3.05) is 13.2 Å². The maximum atomic E-state index is 14.1. The number of nitrogens with one attached hydrogen (secondary N) is 2. The Labute approximate surface area is 231 Å². The molecule has 0 saturated heterocycles. The topological polar surface area (TPSA) is 111 Å². The molecule has 220 valence electrons. The second-order valence-corrected chi connectivity index (χ2v) is 11.2. The fraction of sp³-hybridized carbons (Fsp3) is 0.655. The van der Waals surface area contributed by atoms with Crippen molar-refractivity contribution in [2.45, 2.75) is 89.5 Å². The molecule has 3 aliphatic rings. The van der Waals surface area contributed by atoms with Gasteiger partial charge in [0.25, 0.3) is 0 Å². The summed E-state index contributed by atoms with van der Waals surface area (Å²) in [5.41, 5.74) is 0. The molecule has 4 rings (SSSR count). The number of carbonyl (C=O) groups excluding carboxylic acids is 4. The van der Waals surface area contributed by atoms with Crippen LogP contribution in [0.4, 0.5) is 13.2 Å². The molecule has 1 aromatic carbocycles. The number of fused-ring (bicyclic) bond motifs is 1. The molecule has 8 nitrogen and oxygen atoms in total. The lowest BCUT2D eigenvalue weighted by molar-refractivity contribution is -0.138. The highest BCUT2D eigenvalue weighted by Crippen LogP contribution is 2.38. The third kappa shape index (κ3) is 7.75. The number of halogens is 3. The largest absolute Gasteiger partial charge is 0.479 e. The number of ketones is 1. The first-order chi connectivity index (χ1) is 19.2. The van der Waals surface area contributed by atoms with Gasteiger partial charge in [-0.05, 0) is 24.7 Å². The number of rotatable bonds is 5. The van der Waals surface area contributed by atoms with E-state index in [1.165, 1.54) is 38.5 Å². The highest BCUT2D eigenvalue weighted by atomic mass is 19.2. The summed E-state index contributed by atoms with van der Waals surface area (Å²) in [6.45, 7) is -1.28. The van der Waals surface area contributed by atoms with Gasteiger partial charge in [-0.15, -0.1) is 0 Å². The summed E-state index contributed by atoms with van der Waals surface area (Å²) in [7, 11) is 0. The van der Waals surface area contributed by atoms with Crippen molar-refractivity contribution in [2.24, 2.45) is 17.8 Å². The van der Waals surface area contributed by atoms with Crippen LogP contribution in [-0.2, 0) is 19.2 Å². The summed E-state index contributed by atoms with van der Waals surface area (Å²) < 4.78 is 51.4. The van der Waals surface area contributed by atoms with Crippen LogP contribution in [0.2, 0.25) is 0 Å². The molecule has 0 radical (unpaired) electrons. The molecule has 0 bridgehead atoms. The molecule has 0 aromatic heterocycles. The van der Waals surface area contributed by atoms with Gasteiger partial charge in [0.1, 0.15) is 12.6 Å². The number of hydrogen-bond donors (Lipinski definition) is 2. The van der Waals surface area contributed by atoms with Crippen molar-refractivity contribution in [3.63, 3.8) is 0 Å². The molecular formula is C29H37F3N2O6. The van der Waals surface area contributed by atoms with E-state index in [2.05, 4.69) is 10.6 Å². The standard InChI is InChI=1S/C29H37F3N2O6/c30-20-13-21(31)27-28(26(20)32)39-16-23(35)22(14-25(37)40-27)34-24(36)15-33-29(38)19-11-5-9-18(10-6-12-19)17-7-3-1-2-4-8-17/h13,17-19,22H,1-12,14-16H2,(H,33,38)(H,34,36). The maximum absolute atomic E-state index is 14.1. The average Bonchev–Trinajstić information content (AvgIpc) is 3.16. The molecule has 40 heavy (non-hydrogen) atoms. The highest BCUT2D eigenvalue weighted by Gasteiger charge is 2.32. The molecule has 0 spiro atoms. The molecule has 2 N–H and O–H groups in total. The molecule has 2 fully saturated rings. The Balaban J connectivity index is 1.25. The van der Waals surface area contributed by atoms with Crippen LogP contribution in [0.5, 0.6) is 11.5 Å². The Morgan fingerprint density at radius 1 is 0.825 bits per heavy atom. The molecule has 1 unspecified atom stereocenters. The van der Waals surface area contributed by atoms with E-state index in [-0.39, 0.29) is 17.9 Å². The second kappa shape index (κ2) is 14.0. The van der Waals surface area contributed by atoms with E-state index < -0.39 is 72.2 Å². The molecule has 11 heteroatoms. The first-order valence-electron chi connectivity index (χ1n) is 14.3. The number of hydrogen-bond acceptors (Lipinski definition) is 6. The van der Waals surface area contributed by atoms with Gasteiger partial charge in [0.2, 0.25) is 29.1 Å². The number of Topliss-reactive ketones (excluding diaryl/α,β-unsaturated/α-hetero) is 1. The van der Waals surface area contributed by atoms with Crippen LogP contribution in [0.25, 0.3) is 0 Å². The molecule has 2 saturated carbocycles. The highest BCUT2D eigenvalue weighted by molar-refractivity contribution is 5.95. The van der Waals surface area contributed by atoms with Gasteiger partial charge >= 0.3 is 5.97 Å². The third-order valence-corrected chi connectivity index (χ3v) is 8.37. The van der Waals surface area contributed by atoms with E-state index in [0.29, 0.717) is 0 Å². The molecule has 2 amide bonds. The molecule has 1 heterocycles. The van der Waals surface area contributed by atoms with Crippen molar-refractivity contribution >= 4 is 23.6 Å². The minimum Gasteiger partial charge on any atom is -0.479 e. The van der Waals surface area contributed by atoms with Crippen molar-refractivity contribution in [1.82, 2.24) is 10.6 Å². The van der Waals surface area contributed by atoms with Crippen LogP contribution in [-0.4, -0.2) is 42.8 Å². The Bertz CT molecular complexity index is 1100. The zero-order chi connectivity index (χ0) is 28.6. The van der Waals surface area contributed by atoms with Crippen molar-refractivity contribution < 1.29 is 41.8 Å². The van der Waals surface area contributed by atoms with Crippen LogP contribution >= 0.6 is 0 Å². The van der Waals surface area contributed by atoms with Gasteiger partial charge in [0.05, 0.1) is 13.0 Å². The first-order valence-corrected chi connectivity index (χ1v) is 14.3. The van der Waals surface area contributed by atoms with E-state index in [1.54, 1.807) is 0 Å². The monoisotopic (exact) mass is 566 g/mol. The quantitative estimate of drug-likeness (QED) is 0.235. The van der Waals surface area contributed by atoms with Crippen LogP contribution in [0.15, 0.2) is 6.07 Å². The van der Waals surface area contributed by atoms with Crippen LogP contribution in [0, 0.1) is 35.2 Å². The van der Waals surface area contributed by atoms with Crippen molar-refractivity contribution in [1.29, 1.82) is 0 Å². The summed E-state index contributed by atoms with van der Waals surface area (Å²) in [4.78, 5) is 50.2. The van der Waals surface area contributed by atoms with Crippen LogP contribution < -0.4 is 20.1 Å². The van der Waals surface area contributed by atoms with Gasteiger partial charge in [-0.1, -0.05) is 64.2 Å². The zero-order valence-corrected chi connectivity index (χ0v) is 22.6. The van der Waals surface area contributed by atoms with E-state index in [4.69, 9.17) is 9.47 Å². The second-order valence-electron chi connectivity index (χ2n) is 11.2. The van der Waals surface area contributed by atoms with Crippen LogP contribution in [0.1, 0.15) is 83.5 Å². The number of amides is 2. The summed E-state index contributed by atoms with van der Waals surface area (Å²) >= 11 is 0. The SMILES string of the molecule is O=C(CNC(=O)C1CCCC(C2CCCCCC2)CCC1)NC1CC(=O)Oc2c(F)cc(F)c(F)c2OCC1=O. The van der Waals surface area contributed by atoms with E-state index in [1.807, 2.05) is 0 Å². The minimum atomic E-state index is -1.61. The van der Waals surface area contributed by atoms with E-state index in [9.17, 15) is 32.3 Å². The number of carbonyl (C=O) groups is 4. The summed E-state index contributed by atoms with van der Waals surface area (Å²) in [5, 5.41) is 4.97. The van der Waals surface area contributed by atoms with Crippen LogP contribution in [0.3, 0.4) is 0 Å². The Kier molecular flexibility index (Phi) is 10.4. The Morgan fingerprint density at radius 2 is 1.45 bits per heavy atom. The van der Waals surface area contributed by atoms with Gasteiger partial charge in [-0.25, -0.2) is 8.78 Å². The van der Waals surface area contributed by atoms with E-state index in [0.717, 1.165) is 50.4 Å². The van der Waals surface area contributed by atoms with E-state index >= 15 is 0 Å². The van der Waals surface area contributed by atoms with Gasteiger partial charge in [0.15, 0.2) is 17.4 Å². The van der Waals surface area contributed by atoms with Gasteiger partial charge in [0, 0.05) is 12.0 Å². The number of esters is 1. The number of ether oxygens (including phenoxy) is 2. The number of benzene rings is 1. The summed E-state index contributed by atoms with van der Waals surface area (Å²) in [6, 6.07) is -1.23. The normalized spacial score (nSPS) is 24.9. The summed E-state index contributed by atoms with van der Waals surface area (Å²) in [6.07, 6.45) is 13.0. The predicted molar refractivity (Wildman–Crippen MR) is 138 cm³/mol. The molecule has 1 aromatic rings. The predicted octanol–water partition coefficient (Wildman–Crippen LogP) is 4.52. The molecular weight excluding hydrogens is 529 g/mol. The third-order valence-electron chi connectivity index (χ3n) is 8.37. The Hall–Kier alpha value is -3.11. The Morgan fingerprint density at radius 3 is 2.10 bits per heavy atom. The lowest BCUT2D eigenvalue weighted by Crippen LogP contribution is -2.48.